The molecule has 0 rings (SSSR count). The Balaban J connectivity index is 5.00. The van der Waals surface area contributed by atoms with Gasteiger partial charge < -0.3 is 14.9 Å². The molecule has 0 fully saturated rings. The smallest absolute Gasteiger partial charge is 0.371 e. The van der Waals surface area contributed by atoms with Gasteiger partial charge in [-0.05, 0) is 13.3 Å². The first-order valence-electron chi connectivity index (χ1n) is 3.87. The van der Waals surface area contributed by atoms with Crippen LogP contribution in [-0.4, -0.2) is 28.8 Å². The van der Waals surface area contributed by atoms with Gasteiger partial charge in [0.15, 0.2) is 0 Å². The van der Waals surface area contributed by atoms with E-state index in [-0.39, 0.29) is 18.6 Å². The Labute approximate surface area is 75.6 Å². The van der Waals surface area contributed by atoms with Crippen molar-refractivity contribution in [1.82, 2.24) is 0 Å². The van der Waals surface area contributed by atoms with Crippen molar-refractivity contribution >= 4 is 11.9 Å². The molecule has 0 aromatic heterocycles. The van der Waals surface area contributed by atoms with Crippen molar-refractivity contribution in [2.24, 2.45) is 0 Å². The van der Waals surface area contributed by atoms with Crippen LogP contribution in [0.1, 0.15) is 20.3 Å². The van der Waals surface area contributed by atoms with Crippen LogP contribution < -0.4 is 0 Å². The molecule has 74 valence electrons. The zero-order chi connectivity index (χ0) is 10.4. The lowest BCUT2D eigenvalue weighted by atomic mass is 10.2. The first-order chi connectivity index (χ1) is 6.04. The molecule has 2 N–H and O–H groups in total. The fourth-order valence-electron chi connectivity index (χ4n) is 0.831. The minimum atomic E-state index is -1.35. The van der Waals surface area contributed by atoms with Gasteiger partial charge in [-0.3, -0.25) is 0 Å². The number of carboxylic acid groups (broad SMARTS) is 2. The summed E-state index contributed by atoms with van der Waals surface area (Å²) in [5.41, 5.74) is -0.214. The van der Waals surface area contributed by atoms with Crippen molar-refractivity contribution in [2.45, 2.75) is 20.3 Å². The molecule has 0 amide bonds. The van der Waals surface area contributed by atoms with E-state index in [9.17, 15) is 9.59 Å². The summed E-state index contributed by atoms with van der Waals surface area (Å²) < 4.78 is 4.72. The maximum atomic E-state index is 10.6. The molecule has 5 heteroatoms. The van der Waals surface area contributed by atoms with Crippen LogP contribution in [0.3, 0.4) is 0 Å². The van der Waals surface area contributed by atoms with Crippen molar-refractivity contribution < 1.29 is 24.5 Å². The summed E-state index contributed by atoms with van der Waals surface area (Å²) in [6.07, 6.45) is 0.122. The SMILES string of the molecule is CCOC(C(=O)O)=C(CC)C(=O)O. The first kappa shape index (κ1) is 11.5. The van der Waals surface area contributed by atoms with Crippen molar-refractivity contribution in [2.75, 3.05) is 6.61 Å². The number of aliphatic carboxylic acids is 2. The Hall–Kier alpha value is -1.52. The maximum Gasteiger partial charge on any atom is 0.371 e. The highest BCUT2D eigenvalue weighted by molar-refractivity contribution is 5.97. The van der Waals surface area contributed by atoms with Crippen LogP contribution in [-0.2, 0) is 14.3 Å². The lowest BCUT2D eigenvalue weighted by Gasteiger charge is -2.06. The highest BCUT2D eigenvalue weighted by Gasteiger charge is 2.19. The number of rotatable bonds is 5. The van der Waals surface area contributed by atoms with Crippen LogP contribution in [0.2, 0.25) is 0 Å². The number of hydrogen-bond donors (Lipinski definition) is 2. The molecule has 0 aliphatic rings. The molecule has 0 heterocycles. The van der Waals surface area contributed by atoms with Crippen molar-refractivity contribution in [3.05, 3.63) is 11.3 Å². The number of carboxylic acids is 2. The van der Waals surface area contributed by atoms with E-state index in [2.05, 4.69) is 0 Å². The minimum absolute atomic E-state index is 0.122. The van der Waals surface area contributed by atoms with Crippen LogP contribution >= 0.6 is 0 Å². The Morgan fingerprint density at radius 3 is 1.92 bits per heavy atom. The fourth-order valence-corrected chi connectivity index (χ4v) is 0.831. The van der Waals surface area contributed by atoms with E-state index in [0.29, 0.717) is 0 Å². The molecule has 0 saturated heterocycles. The molecule has 5 nitrogen and oxygen atoms in total. The summed E-state index contributed by atoms with van der Waals surface area (Å²) in [6.45, 7) is 3.29. The monoisotopic (exact) mass is 188 g/mol. The maximum absolute atomic E-state index is 10.6. The standard InChI is InChI=1S/C8H12O5/c1-3-5(7(9)10)6(8(11)12)13-4-2/h3-4H2,1-2H3,(H,9,10)(H,11,12). The third kappa shape index (κ3) is 3.14. The third-order valence-electron chi connectivity index (χ3n) is 1.37. The number of hydrogen-bond acceptors (Lipinski definition) is 3. The summed E-state index contributed by atoms with van der Waals surface area (Å²) in [7, 11) is 0. The molecule has 0 spiro atoms. The summed E-state index contributed by atoms with van der Waals surface area (Å²) >= 11 is 0. The van der Waals surface area contributed by atoms with E-state index < -0.39 is 17.7 Å². The number of ether oxygens (including phenoxy) is 1. The highest BCUT2D eigenvalue weighted by Crippen LogP contribution is 2.10. The molecule has 0 unspecified atom stereocenters. The zero-order valence-electron chi connectivity index (χ0n) is 7.53. The van der Waals surface area contributed by atoms with Crippen molar-refractivity contribution in [1.29, 1.82) is 0 Å². The van der Waals surface area contributed by atoms with Crippen molar-refractivity contribution in [3.63, 3.8) is 0 Å². The lowest BCUT2D eigenvalue weighted by molar-refractivity contribution is -0.139. The van der Waals surface area contributed by atoms with Gasteiger partial charge in [-0.2, -0.15) is 0 Å². The first-order valence-corrected chi connectivity index (χ1v) is 3.87. The van der Waals surface area contributed by atoms with E-state index in [1.807, 2.05) is 0 Å². The second-order valence-corrected chi connectivity index (χ2v) is 2.20. The number of carbonyl (C=O) groups is 2. The van der Waals surface area contributed by atoms with Gasteiger partial charge in [0.2, 0.25) is 5.76 Å². The molecule has 0 aromatic rings. The largest absolute Gasteiger partial charge is 0.486 e. The Morgan fingerprint density at radius 2 is 1.69 bits per heavy atom. The predicted octanol–water partition coefficient (Wildman–Crippen LogP) is 0.856. The van der Waals surface area contributed by atoms with Gasteiger partial charge in [0.05, 0.1) is 12.2 Å². The lowest BCUT2D eigenvalue weighted by Crippen LogP contribution is -2.13. The van der Waals surface area contributed by atoms with Gasteiger partial charge in [0.25, 0.3) is 0 Å². The Kier molecular flexibility index (Phi) is 4.58. The molecule has 0 bridgehead atoms. The van der Waals surface area contributed by atoms with E-state index in [4.69, 9.17) is 14.9 Å². The predicted molar refractivity (Wildman–Crippen MR) is 44.2 cm³/mol. The van der Waals surface area contributed by atoms with Gasteiger partial charge in [-0.25, -0.2) is 9.59 Å². The second-order valence-electron chi connectivity index (χ2n) is 2.20. The summed E-state index contributed by atoms with van der Waals surface area (Å²) in [4.78, 5) is 21.1. The molecule has 0 aromatic carbocycles. The van der Waals surface area contributed by atoms with Gasteiger partial charge in [0.1, 0.15) is 0 Å². The van der Waals surface area contributed by atoms with Crippen LogP contribution in [0, 0.1) is 0 Å². The summed E-state index contributed by atoms with van der Waals surface area (Å²) in [6, 6.07) is 0. The van der Waals surface area contributed by atoms with E-state index in [0.717, 1.165) is 0 Å². The topological polar surface area (TPSA) is 83.8 Å². The van der Waals surface area contributed by atoms with Crippen LogP contribution in [0.25, 0.3) is 0 Å². The molecule has 0 aliphatic heterocycles. The molecule has 13 heavy (non-hydrogen) atoms. The molecular weight excluding hydrogens is 176 g/mol. The van der Waals surface area contributed by atoms with E-state index >= 15 is 0 Å². The quantitative estimate of drug-likeness (QED) is 0.493. The fraction of sp³-hybridized carbons (Fsp3) is 0.500. The molecule has 0 radical (unpaired) electrons. The summed E-state index contributed by atoms with van der Waals surface area (Å²) in [5.74, 6) is -3.08. The van der Waals surface area contributed by atoms with Crippen molar-refractivity contribution in [3.8, 4) is 0 Å². The van der Waals surface area contributed by atoms with Crippen LogP contribution in [0.4, 0.5) is 0 Å². The molecular formula is C8H12O5. The van der Waals surface area contributed by atoms with Gasteiger partial charge in [-0.1, -0.05) is 6.92 Å². The Bertz CT molecular complexity index is 241. The second kappa shape index (κ2) is 5.18. The molecule has 0 aliphatic carbocycles. The van der Waals surface area contributed by atoms with Crippen LogP contribution in [0.5, 0.6) is 0 Å². The Morgan fingerprint density at radius 1 is 1.15 bits per heavy atom. The third-order valence-corrected chi connectivity index (χ3v) is 1.37. The van der Waals surface area contributed by atoms with Gasteiger partial charge >= 0.3 is 11.9 Å². The highest BCUT2D eigenvalue weighted by atomic mass is 16.5. The van der Waals surface area contributed by atoms with Gasteiger partial charge in [-0.15, -0.1) is 0 Å². The normalized spacial score (nSPS) is 11.8. The molecule has 0 atom stereocenters. The average Bonchev–Trinajstić information content (AvgIpc) is 2.03. The van der Waals surface area contributed by atoms with Gasteiger partial charge in [0, 0.05) is 0 Å². The van der Waals surface area contributed by atoms with Crippen LogP contribution in [0.15, 0.2) is 11.3 Å². The van der Waals surface area contributed by atoms with E-state index in [1.165, 1.54) is 0 Å². The average molecular weight is 188 g/mol. The van der Waals surface area contributed by atoms with E-state index in [1.54, 1.807) is 13.8 Å². The zero-order valence-corrected chi connectivity index (χ0v) is 7.53. The minimum Gasteiger partial charge on any atom is -0.486 e. The summed E-state index contributed by atoms with van der Waals surface area (Å²) in [5, 5.41) is 17.2. The molecule has 0 saturated carbocycles.